The molecule has 0 saturated carbocycles. The van der Waals surface area contributed by atoms with E-state index >= 15 is 0 Å². The summed E-state index contributed by atoms with van der Waals surface area (Å²) in [6, 6.07) is 7.47. The smallest absolute Gasteiger partial charge is 0.327 e. The van der Waals surface area contributed by atoms with Gasteiger partial charge in [0, 0.05) is 49.8 Å². The second kappa shape index (κ2) is 12.6. The standard InChI is InChI=1S/C27H35ClN8O5/c1-3-18-14-35(24-25(38)30-21(23(29)31-24)26-33-32-20(15-37)41-26)12-13-36(18)19-8-10-34(11-9-19)22(27(39)40-2)16-4-6-17(28)7-5-16/h4-7,18-19,22,37H,3,8-15H2,1-2H3,(H2,29,31)(H,30,38). The number of halogens is 1. The molecule has 2 fully saturated rings. The maximum absolute atomic E-state index is 13.0. The van der Waals surface area contributed by atoms with Crippen molar-refractivity contribution in [3.63, 3.8) is 0 Å². The van der Waals surface area contributed by atoms with Gasteiger partial charge in [0.1, 0.15) is 18.3 Å². The number of nitrogens with one attached hydrogen (secondary N) is 1. The van der Waals surface area contributed by atoms with Gasteiger partial charge in [0.05, 0.1) is 7.11 Å². The zero-order valence-corrected chi connectivity index (χ0v) is 23.9. The minimum Gasteiger partial charge on any atom is -0.468 e. The molecule has 4 N–H and O–H groups in total. The number of piperidine rings is 1. The lowest BCUT2D eigenvalue weighted by Gasteiger charge is -2.48. The van der Waals surface area contributed by atoms with Crippen molar-refractivity contribution in [2.75, 3.05) is 50.5 Å². The van der Waals surface area contributed by atoms with Gasteiger partial charge in [0.2, 0.25) is 5.89 Å². The highest BCUT2D eigenvalue weighted by molar-refractivity contribution is 6.30. The molecule has 0 bridgehead atoms. The molecule has 3 aromatic rings. The maximum Gasteiger partial charge on any atom is 0.327 e. The summed E-state index contributed by atoms with van der Waals surface area (Å²) in [7, 11) is 1.42. The normalized spacial score (nSPS) is 19.8. The van der Waals surface area contributed by atoms with Gasteiger partial charge in [0.15, 0.2) is 11.6 Å². The van der Waals surface area contributed by atoms with Crippen LogP contribution in [-0.4, -0.2) is 93.0 Å². The first kappa shape index (κ1) is 29.0. The van der Waals surface area contributed by atoms with E-state index < -0.39 is 18.2 Å². The van der Waals surface area contributed by atoms with Crippen molar-refractivity contribution in [1.29, 1.82) is 0 Å². The van der Waals surface area contributed by atoms with Crippen molar-refractivity contribution in [3.05, 3.63) is 51.1 Å². The average molecular weight is 587 g/mol. The van der Waals surface area contributed by atoms with Crippen LogP contribution in [-0.2, 0) is 16.1 Å². The van der Waals surface area contributed by atoms with Crippen molar-refractivity contribution in [2.45, 2.75) is 50.9 Å². The van der Waals surface area contributed by atoms with Gasteiger partial charge in [-0.1, -0.05) is 30.7 Å². The Kier molecular flexibility index (Phi) is 8.88. The number of benzene rings is 1. The van der Waals surface area contributed by atoms with Gasteiger partial charge in [-0.25, -0.2) is 9.78 Å². The topological polar surface area (TPSA) is 167 Å². The molecule has 41 heavy (non-hydrogen) atoms. The van der Waals surface area contributed by atoms with Crippen LogP contribution in [0.1, 0.15) is 43.7 Å². The summed E-state index contributed by atoms with van der Waals surface area (Å²) in [6.07, 6.45) is 2.74. The molecule has 0 amide bonds. The van der Waals surface area contributed by atoms with E-state index in [1.807, 2.05) is 17.0 Å². The zero-order valence-electron chi connectivity index (χ0n) is 23.1. The SMILES string of the molecule is CCC1CN(c2nc(N)c(-c3nnc(CO)o3)[nH]c2=O)CCN1C1CCN(C(C(=O)OC)c2ccc(Cl)cc2)CC1. The highest BCUT2D eigenvalue weighted by atomic mass is 35.5. The molecule has 5 rings (SSSR count). The van der Waals surface area contributed by atoms with E-state index in [-0.39, 0.29) is 41.1 Å². The van der Waals surface area contributed by atoms with Crippen molar-refractivity contribution < 1.29 is 19.1 Å². The number of anilines is 2. The number of esters is 1. The largest absolute Gasteiger partial charge is 0.468 e. The first-order chi connectivity index (χ1) is 19.8. The number of aromatic nitrogens is 4. The van der Waals surface area contributed by atoms with Crippen LogP contribution in [0.3, 0.4) is 0 Å². The molecular formula is C27H35ClN8O5. The Labute approximate surface area is 242 Å². The van der Waals surface area contributed by atoms with Crippen molar-refractivity contribution in [3.8, 4) is 11.6 Å². The summed E-state index contributed by atoms with van der Waals surface area (Å²) < 4.78 is 10.5. The van der Waals surface area contributed by atoms with Crippen LogP contribution in [0.2, 0.25) is 5.02 Å². The Hall–Kier alpha value is -3.52. The molecule has 13 nitrogen and oxygen atoms in total. The van der Waals surface area contributed by atoms with Crippen molar-refractivity contribution in [2.24, 2.45) is 0 Å². The number of carbonyl (C=O) groups is 1. The van der Waals surface area contributed by atoms with Crippen LogP contribution in [0.5, 0.6) is 0 Å². The van der Waals surface area contributed by atoms with Gasteiger partial charge in [-0.05, 0) is 37.0 Å². The van der Waals surface area contributed by atoms with Gasteiger partial charge in [0.25, 0.3) is 11.4 Å². The molecule has 2 saturated heterocycles. The predicted octanol–water partition coefficient (Wildman–Crippen LogP) is 1.83. The number of likely N-dealkylation sites (tertiary alicyclic amines) is 1. The van der Waals surface area contributed by atoms with E-state index in [2.05, 4.69) is 36.9 Å². The number of ether oxygens (including phenoxy) is 1. The number of H-pyrrole nitrogens is 1. The fraction of sp³-hybridized carbons (Fsp3) is 0.519. The number of methoxy groups -OCH3 is 1. The third-order valence-electron chi connectivity index (χ3n) is 7.98. The Morgan fingerprint density at radius 2 is 1.95 bits per heavy atom. The van der Waals surface area contributed by atoms with Gasteiger partial charge >= 0.3 is 5.97 Å². The number of aliphatic hydroxyl groups is 1. The van der Waals surface area contributed by atoms with E-state index in [0.29, 0.717) is 24.2 Å². The molecule has 0 spiro atoms. The summed E-state index contributed by atoms with van der Waals surface area (Å²) >= 11 is 6.07. The van der Waals surface area contributed by atoms with Crippen LogP contribution in [0.25, 0.3) is 11.6 Å². The number of aromatic amines is 1. The summed E-state index contributed by atoms with van der Waals surface area (Å²) in [5.41, 5.74) is 6.76. The second-order valence-electron chi connectivity index (χ2n) is 10.3. The fourth-order valence-electron chi connectivity index (χ4n) is 5.88. The highest BCUT2D eigenvalue weighted by Gasteiger charge is 2.37. The molecular weight excluding hydrogens is 552 g/mol. The van der Waals surface area contributed by atoms with Crippen LogP contribution in [0.4, 0.5) is 11.6 Å². The molecule has 14 heteroatoms. The number of hydrogen-bond acceptors (Lipinski definition) is 12. The molecule has 0 aliphatic carbocycles. The van der Waals surface area contributed by atoms with E-state index in [4.69, 9.17) is 26.5 Å². The van der Waals surface area contributed by atoms with Crippen molar-refractivity contribution in [1.82, 2.24) is 30.0 Å². The third kappa shape index (κ3) is 6.08. The van der Waals surface area contributed by atoms with Crippen LogP contribution >= 0.6 is 11.6 Å². The number of hydrogen-bond donors (Lipinski definition) is 3. The number of aliphatic hydroxyl groups excluding tert-OH is 1. The summed E-state index contributed by atoms with van der Waals surface area (Å²) in [4.78, 5) is 39.6. The monoisotopic (exact) mass is 586 g/mol. The Morgan fingerprint density at radius 1 is 1.22 bits per heavy atom. The van der Waals surface area contributed by atoms with E-state index in [1.54, 1.807) is 12.1 Å². The van der Waals surface area contributed by atoms with Crippen LogP contribution in [0.15, 0.2) is 33.5 Å². The number of nitrogens with zero attached hydrogens (tertiary/aromatic N) is 6. The quantitative estimate of drug-likeness (QED) is 0.328. The first-order valence-corrected chi connectivity index (χ1v) is 14.1. The lowest BCUT2D eigenvalue weighted by atomic mass is 9.95. The lowest BCUT2D eigenvalue weighted by Crippen LogP contribution is -2.59. The first-order valence-electron chi connectivity index (χ1n) is 13.7. The maximum atomic E-state index is 13.0. The number of piperazine rings is 1. The molecule has 2 aromatic heterocycles. The van der Waals surface area contributed by atoms with E-state index in [9.17, 15) is 14.7 Å². The Balaban J connectivity index is 1.25. The summed E-state index contributed by atoms with van der Waals surface area (Å²) in [5, 5.41) is 17.3. The molecule has 2 atom stereocenters. The highest BCUT2D eigenvalue weighted by Crippen LogP contribution is 2.31. The number of nitrogens with two attached hydrogens (primary N) is 1. The molecule has 2 unspecified atom stereocenters. The summed E-state index contributed by atoms with van der Waals surface area (Å²) in [5.74, 6) is 0.0572. The molecule has 4 heterocycles. The predicted molar refractivity (Wildman–Crippen MR) is 152 cm³/mol. The molecule has 1 aromatic carbocycles. The van der Waals surface area contributed by atoms with Crippen LogP contribution < -0.4 is 16.2 Å². The number of carbonyl (C=O) groups excluding carboxylic acids is 1. The lowest BCUT2D eigenvalue weighted by molar-refractivity contribution is -0.148. The third-order valence-corrected chi connectivity index (χ3v) is 8.23. The minimum absolute atomic E-state index is 0.00389. The van der Waals surface area contributed by atoms with E-state index in [1.165, 1.54) is 7.11 Å². The van der Waals surface area contributed by atoms with Crippen molar-refractivity contribution >= 4 is 29.2 Å². The summed E-state index contributed by atoms with van der Waals surface area (Å²) in [6.45, 7) is 5.28. The van der Waals surface area contributed by atoms with Gasteiger partial charge in [-0.3, -0.25) is 14.6 Å². The zero-order chi connectivity index (χ0) is 29.1. The number of nitrogen functional groups attached to an aromatic ring is 1. The van der Waals surface area contributed by atoms with Crippen LogP contribution in [0, 0.1) is 0 Å². The molecule has 220 valence electrons. The average Bonchev–Trinajstić information content (AvgIpc) is 3.48. The van der Waals surface area contributed by atoms with Gasteiger partial charge in [-0.2, -0.15) is 0 Å². The minimum atomic E-state index is -0.467. The van der Waals surface area contributed by atoms with E-state index in [0.717, 1.165) is 44.5 Å². The van der Waals surface area contributed by atoms with Gasteiger partial charge < -0.3 is 29.9 Å². The Morgan fingerprint density at radius 3 is 2.59 bits per heavy atom. The molecule has 0 radical (unpaired) electrons. The molecule has 2 aliphatic heterocycles. The second-order valence-corrected chi connectivity index (χ2v) is 10.7. The van der Waals surface area contributed by atoms with Gasteiger partial charge in [-0.15, -0.1) is 10.2 Å². The Bertz CT molecular complexity index is 1410. The molecule has 2 aliphatic rings. The fourth-order valence-corrected chi connectivity index (χ4v) is 6.01. The number of rotatable bonds is 8.